The molecule has 1 N–H and O–H groups in total. The Kier molecular flexibility index (Phi) is 5.59. The Labute approximate surface area is 160 Å². The van der Waals surface area contributed by atoms with E-state index >= 15 is 0 Å². The predicted molar refractivity (Wildman–Crippen MR) is 95.7 cm³/mol. The lowest BCUT2D eigenvalue weighted by Gasteiger charge is -2.36. The smallest absolute Gasteiger partial charge is 0.340 e. The highest BCUT2D eigenvalue weighted by molar-refractivity contribution is 6.05. The van der Waals surface area contributed by atoms with E-state index in [1.54, 1.807) is 15.9 Å². The van der Waals surface area contributed by atoms with Crippen LogP contribution in [0.3, 0.4) is 0 Å². The highest BCUT2D eigenvalue weighted by Gasteiger charge is 2.49. The van der Waals surface area contributed by atoms with Crippen molar-refractivity contribution in [2.45, 2.75) is 25.6 Å². The minimum absolute atomic E-state index is 0.0306. The summed E-state index contributed by atoms with van der Waals surface area (Å²) < 4.78 is 41.1. The molecule has 0 bridgehead atoms. The first-order valence-electron chi connectivity index (χ1n) is 8.92. The molecule has 3 rings (SSSR count). The lowest BCUT2D eigenvalue weighted by molar-refractivity contribution is -0.158. The Hall–Kier alpha value is -2.62. The number of piperazine rings is 1. The van der Waals surface area contributed by atoms with Crippen LogP contribution < -0.4 is 10.2 Å². The van der Waals surface area contributed by atoms with Crippen molar-refractivity contribution in [1.29, 1.82) is 0 Å². The van der Waals surface area contributed by atoms with Crippen molar-refractivity contribution in [3.8, 4) is 0 Å². The monoisotopic (exact) mass is 398 g/mol. The van der Waals surface area contributed by atoms with Crippen molar-refractivity contribution in [1.82, 2.24) is 9.80 Å². The molecule has 0 radical (unpaired) electrons. The second-order valence-corrected chi connectivity index (χ2v) is 6.87. The number of nitrogens with one attached hydrogen (secondary N) is 1. The fourth-order valence-electron chi connectivity index (χ4n) is 3.48. The number of fused-ring (bicyclic) bond motifs is 1. The summed E-state index contributed by atoms with van der Waals surface area (Å²) in [5, 5.41) is 2.44. The number of hydrogen-bond acceptors (Lipinski definition) is 4. The normalized spacial score (nSPS) is 21.0. The van der Waals surface area contributed by atoms with E-state index in [-0.39, 0.29) is 23.8 Å². The van der Waals surface area contributed by atoms with Crippen LogP contribution in [0.4, 0.5) is 24.5 Å². The Morgan fingerprint density at radius 1 is 1.14 bits per heavy atom. The van der Waals surface area contributed by atoms with Crippen molar-refractivity contribution < 1.29 is 27.6 Å². The van der Waals surface area contributed by atoms with Crippen LogP contribution in [-0.2, 0) is 14.4 Å². The molecule has 1 aromatic carbocycles. The molecule has 10 heteroatoms. The van der Waals surface area contributed by atoms with Crippen LogP contribution in [0.5, 0.6) is 0 Å². The molecule has 28 heavy (non-hydrogen) atoms. The molecular weight excluding hydrogens is 377 g/mol. The molecule has 152 valence electrons. The van der Waals surface area contributed by atoms with Gasteiger partial charge in [-0.15, -0.1) is 0 Å². The fraction of sp³-hybridized carbons (Fsp3) is 0.500. The lowest BCUT2D eigenvalue weighted by atomic mass is 10.1. The summed E-state index contributed by atoms with van der Waals surface area (Å²) in [6.45, 7) is 2.86. The van der Waals surface area contributed by atoms with Gasteiger partial charge >= 0.3 is 6.18 Å². The minimum atomic E-state index is -4.75. The van der Waals surface area contributed by atoms with Gasteiger partial charge in [-0.1, -0.05) is 12.1 Å². The zero-order valence-electron chi connectivity index (χ0n) is 15.3. The molecule has 0 aliphatic carbocycles. The van der Waals surface area contributed by atoms with Crippen molar-refractivity contribution in [2.75, 3.05) is 42.9 Å². The Morgan fingerprint density at radius 2 is 1.79 bits per heavy atom. The van der Waals surface area contributed by atoms with Gasteiger partial charge in [-0.05, 0) is 12.1 Å². The van der Waals surface area contributed by atoms with Crippen LogP contribution in [0.1, 0.15) is 13.3 Å². The van der Waals surface area contributed by atoms with Gasteiger partial charge in [0.25, 0.3) is 0 Å². The highest BCUT2D eigenvalue weighted by Crippen LogP contribution is 2.37. The quantitative estimate of drug-likeness (QED) is 0.819. The van der Waals surface area contributed by atoms with Crippen LogP contribution >= 0.6 is 0 Å². The van der Waals surface area contributed by atoms with Gasteiger partial charge in [0.15, 0.2) is 0 Å². The maximum atomic E-state index is 13.7. The van der Waals surface area contributed by atoms with E-state index in [0.717, 1.165) is 0 Å². The molecule has 1 aromatic rings. The van der Waals surface area contributed by atoms with Gasteiger partial charge in [0.2, 0.25) is 17.7 Å². The summed E-state index contributed by atoms with van der Waals surface area (Å²) in [5.74, 6) is -1.60. The summed E-state index contributed by atoms with van der Waals surface area (Å²) in [7, 11) is 0. The maximum Gasteiger partial charge on any atom is 0.409 e. The molecule has 1 atom stereocenters. The van der Waals surface area contributed by atoms with Gasteiger partial charge in [0.05, 0.1) is 24.3 Å². The van der Waals surface area contributed by atoms with E-state index in [4.69, 9.17) is 0 Å². The molecule has 0 unspecified atom stereocenters. The number of halogens is 3. The van der Waals surface area contributed by atoms with Gasteiger partial charge in [-0.3, -0.25) is 24.2 Å². The number of hydrogen-bond donors (Lipinski definition) is 1. The Morgan fingerprint density at radius 3 is 2.39 bits per heavy atom. The highest BCUT2D eigenvalue weighted by atomic mass is 19.4. The van der Waals surface area contributed by atoms with E-state index in [0.29, 0.717) is 31.1 Å². The van der Waals surface area contributed by atoms with Gasteiger partial charge in [-0.2, -0.15) is 13.2 Å². The number of rotatable bonds is 2. The van der Waals surface area contributed by atoms with E-state index in [1.807, 2.05) is 0 Å². The molecule has 2 aliphatic rings. The third-order valence-corrected chi connectivity index (χ3v) is 4.95. The van der Waals surface area contributed by atoms with Crippen LogP contribution in [0, 0.1) is 0 Å². The molecule has 2 heterocycles. The number of alkyl halides is 3. The van der Waals surface area contributed by atoms with Gasteiger partial charge < -0.3 is 10.2 Å². The molecule has 2 aliphatic heterocycles. The fourth-order valence-corrected chi connectivity index (χ4v) is 3.48. The molecular formula is C18H21F3N4O3. The topological polar surface area (TPSA) is 73.0 Å². The standard InChI is InChI=1S/C18H21F3N4O3/c1-12(26)24-8-6-23(7-9-24)11-17(28)25-14-5-3-2-4-13(14)22-16(27)10-15(25)18(19,20)21/h2-5,15H,6-11H2,1H3,(H,22,27)/t15-/m1/s1. The summed E-state index contributed by atoms with van der Waals surface area (Å²) in [4.78, 5) is 40.3. The summed E-state index contributed by atoms with van der Waals surface area (Å²) in [5.41, 5.74) is 0.206. The zero-order chi connectivity index (χ0) is 20.5. The third-order valence-electron chi connectivity index (χ3n) is 4.95. The van der Waals surface area contributed by atoms with Gasteiger partial charge in [-0.25, -0.2) is 0 Å². The zero-order valence-corrected chi connectivity index (χ0v) is 15.3. The second-order valence-electron chi connectivity index (χ2n) is 6.87. The lowest BCUT2D eigenvalue weighted by Crippen LogP contribution is -2.55. The number of anilines is 2. The van der Waals surface area contributed by atoms with E-state index < -0.39 is 30.5 Å². The summed E-state index contributed by atoms with van der Waals surface area (Å²) in [6, 6.07) is 3.73. The molecule has 0 aromatic heterocycles. The first-order valence-corrected chi connectivity index (χ1v) is 8.92. The summed E-state index contributed by atoms with van der Waals surface area (Å²) >= 11 is 0. The van der Waals surface area contributed by atoms with Crippen LogP contribution in [0.2, 0.25) is 0 Å². The number of nitrogens with zero attached hydrogens (tertiary/aromatic N) is 3. The van der Waals surface area contributed by atoms with Gasteiger partial charge in [0, 0.05) is 33.1 Å². The average molecular weight is 398 g/mol. The van der Waals surface area contributed by atoms with Crippen molar-refractivity contribution in [2.24, 2.45) is 0 Å². The molecule has 0 saturated carbocycles. The minimum Gasteiger partial charge on any atom is -0.340 e. The van der Waals surface area contributed by atoms with Crippen LogP contribution in [0.25, 0.3) is 0 Å². The number of carbonyl (C=O) groups is 3. The Bertz CT molecular complexity index is 776. The van der Waals surface area contributed by atoms with Crippen molar-refractivity contribution in [3.05, 3.63) is 24.3 Å². The SMILES string of the molecule is CC(=O)N1CCN(CC(=O)N2c3ccccc3NC(=O)C[C@@H]2C(F)(F)F)CC1. The molecule has 1 fully saturated rings. The second kappa shape index (κ2) is 7.78. The van der Waals surface area contributed by atoms with Crippen molar-refractivity contribution in [3.63, 3.8) is 0 Å². The first kappa shape index (κ1) is 20.1. The molecule has 7 nitrogen and oxygen atoms in total. The van der Waals surface area contributed by atoms with Crippen molar-refractivity contribution >= 4 is 29.1 Å². The van der Waals surface area contributed by atoms with Crippen LogP contribution in [0.15, 0.2) is 24.3 Å². The Balaban J connectivity index is 1.84. The number of benzene rings is 1. The maximum absolute atomic E-state index is 13.7. The van der Waals surface area contributed by atoms with E-state index in [9.17, 15) is 27.6 Å². The largest absolute Gasteiger partial charge is 0.409 e. The van der Waals surface area contributed by atoms with Gasteiger partial charge in [0.1, 0.15) is 6.04 Å². The molecule has 1 saturated heterocycles. The number of amides is 3. The van der Waals surface area contributed by atoms with Crippen LogP contribution in [-0.4, -0.2) is 72.5 Å². The average Bonchev–Trinajstić information content (AvgIpc) is 2.77. The predicted octanol–water partition coefficient (Wildman–Crippen LogP) is 1.46. The first-order chi connectivity index (χ1) is 13.2. The van der Waals surface area contributed by atoms with E-state index in [2.05, 4.69) is 5.32 Å². The molecule has 0 spiro atoms. The summed E-state index contributed by atoms with van der Waals surface area (Å²) in [6.07, 6.45) is -5.61. The third kappa shape index (κ3) is 4.27. The molecule has 3 amide bonds. The number of para-hydroxylation sites is 2. The number of carbonyl (C=O) groups excluding carboxylic acids is 3. The van der Waals surface area contributed by atoms with E-state index in [1.165, 1.54) is 25.1 Å².